The van der Waals surface area contributed by atoms with Gasteiger partial charge in [-0.15, -0.1) is 0 Å². The molecule has 0 bridgehead atoms. The summed E-state index contributed by atoms with van der Waals surface area (Å²) in [4.78, 5) is 27.3. The molecule has 1 atom stereocenters. The van der Waals surface area contributed by atoms with E-state index < -0.39 is 18.0 Å². The number of H-pyrrole nitrogens is 1. The number of rotatable bonds is 4. The zero-order valence-electron chi connectivity index (χ0n) is 17.9. The lowest BCUT2D eigenvalue weighted by atomic mass is 10.1. The van der Waals surface area contributed by atoms with Crippen LogP contribution in [0.4, 0.5) is 15.0 Å². The van der Waals surface area contributed by atoms with Crippen molar-refractivity contribution in [2.24, 2.45) is 0 Å². The van der Waals surface area contributed by atoms with Gasteiger partial charge in [-0.1, -0.05) is 12.1 Å². The molecule has 0 aliphatic carbocycles. The van der Waals surface area contributed by atoms with Crippen LogP contribution in [0.2, 0.25) is 0 Å². The van der Waals surface area contributed by atoms with Crippen LogP contribution in [0.15, 0.2) is 61.2 Å². The molecule has 34 heavy (non-hydrogen) atoms. The van der Waals surface area contributed by atoms with Crippen molar-refractivity contribution in [1.82, 2.24) is 34.8 Å². The van der Waals surface area contributed by atoms with Crippen LogP contribution in [0.1, 0.15) is 17.4 Å². The van der Waals surface area contributed by atoms with Crippen LogP contribution in [-0.4, -0.2) is 47.5 Å². The highest BCUT2D eigenvalue weighted by atomic mass is 19.1. The molecule has 168 valence electrons. The van der Waals surface area contributed by atoms with E-state index in [9.17, 15) is 9.18 Å². The van der Waals surface area contributed by atoms with E-state index >= 15 is 0 Å². The van der Waals surface area contributed by atoms with Crippen molar-refractivity contribution in [1.29, 1.82) is 0 Å². The van der Waals surface area contributed by atoms with E-state index in [0.717, 1.165) is 5.69 Å². The molecule has 6 rings (SSSR count). The monoisotopic (exact) mass is 456 g/mol. The largest absolute Gasteiger partial charge is 0.446 e. The van der Waals surface area contributed by atoms with Gasteiger partial charge in [-0.05, 0) is 42.8 Å². The van der Waals surface area contributed by atoms with Crippen LogP contribution in [-0.2, 0) is 4.74 Å². The number of halogens is 1. The Morgan fingerprint density at radius 1 is 1.15 bits per heavy atom. The van der Waals surface area contributed by atoms with Crippen molar-refractivity contribution in [2.45, 2.75) is 13.0 Å². The summed E-state index contributed by atoms with van der Waals surface area (Å²) in [5, 5.41) is 10.8. The Bertz CT molecular complexity index is 1530. The summed E-state index contributed by atoms with van der Waals surface area (Å²) < 4.78 is 21.7. The molecule has 11 heteroatoms. The molecule has 5 heterocycles. The SMILES string of the molecule is Cc1cccc([C@H]2COC(=O)N2c2ccn3ncc(-c4ccc(-c5nc[nH]n5)c(F)c4)c3n2)n1. The van der Waals surface area contributed by atoms with Gasteiger partial charge in [0.05, 0.1) is 17.5 Å². The van der Waals surface area contributed by atoms with Gasteiger partial charge >= 0.3 is 6.09 Å². The summed E-state index contributed by atoms with van der Waals surface area (Å²) in [6.45, 7) is 2.06. The zero-order valence-corrected chi connectivity index (χ0v) is 17.9. The third-order valence-electron chi connectivity index (χ3n) is 5.66. The second-order valence-corrected chi connectivity index (χ2v) is 7.80. The Morgan fingerprint density at radius 3 is 2.85 bits per heavy atom. The normalized spacial score (nSPS) is 15.8. The number of cyclic esters (lactones) is 1. The van der Waals surface area contributed by atoms with E-state index in [4.69, 9.17) is 4.74 Å². The molecular formula is C23H17FN8O2. The Labute approximate surface area is 192 Å². The quantitative estimate of drug-likeness (QED) is 0.438. The molecule has 0 saturated carbocycles. The molecule has 1 fully saturated rings. The number of nitrogens with one attached hydrogen (secondary N) is 1. The highest BCUT2D eigenvalue weighted by Crippen LogP contribution is 2.33. The fraction of sp³-hybridized carbons (Fsp3) is 0.130. The van der Waals surface area contributed by atoms with Crippen LogP contribution in [0.3, 0.4) is 0 Å². The number of aryl methyl sites for hydroxylation is 1. The Kier molecular flexibility index (Phi) is 4.54. The first-order chi connectivity index (χ1) is 16.6. The predicted molar refractivity (Wildman–Crippen MR) is 119 cm³/mol. The standard InChI is InChI=1S/C23H17FN8O2/c1-13-3-2-4-18(28-13)19-11-34-23(33)32(19)20-7-8-31-22(29-20)16(10-27-31)14-5-6-15(17(24)9-14)21-25-12-26-30-21/h2-10,12,19H,11H2,1H3,(H,25,26,30)/t19-/m1/s1. The van der Waals surface area contributed by atoms with Crippen molar-refractivity contribution >= 4 is 17.6 Å². The van der Waals surface area contributed by atoms with Crippen LogP contribution in [0.25, 0.3) is 28.2 Å². The average Bonchev–Trinajstić information content (AvgIpc) is 3.58. The Hall–Kier alpha value is -4.67. The Morgan fingerprint density at radius 2 is 2.06 bits per heavy atom. The average molecular weight is 456 g/mol. The van der Waals surface area contributed by atoms with Gasteiger partial charge in [0.25, 0.3) is 0 Å². The summed E-state index contributed by atoms with van der Waals surface area (Å²) in [5.41, 5.74) is 3.50. The lowest BCUT2D eigenvalue weighted by Crippen LogP contribution is -2.29. The van der Waals surface area contributed by atoms with Crippen molar-refractivity contribution in [3.05, 3.63) is 78.4 Å². The summed E-state index contributed by atoms with van der Waals surface area (Å²) in [6, 6.07) is 11.7. The number of pyridine rings is 1. The van der Waals surface area contributed by atoms with Crippen LogP contribution in [0.5, 0.6) is 0 Å². The number of benzene rings is 1. The van der Waals surface area contributed by atoms with Gasteiger partial charge in [0.2, 0.25) is 0 Å². The van der Waals surface area contributed by atoms with Gasteiger partial charge in [-0.3, -0.25) is 10.1 Å². The molecular weight excluding hydrogens is 439 g/mol. The van der Waals surface area contributed by atoms with Gasteiger partial charge in [0.15, 0.2) is 11.5 Å². The highest BCUT2D eigenvalue weighted by Gasteiger charge is 2.37. The van der Waals surface area contributed by atoms with Crippen LogP contribution >= 0.6 is 0 Å². The molecule has 10 nitrogen and oxygen atoms in total. The maximum Gasteiger partial charge on any atom is 0.416 e. The first kappa shape index (κ1) is 20.0. The highest BCUT2D eigenvalue weighted by molar-refractivity contribution is 5.90. The van der Waals surface area contributed by atoms with E-state index in [-0.39, 0.29) is 18.0 Å². The number of nitrogens with zero attached hydrogens (tertiary/aromatic N) is 7. The summed E-state index contributed by atoms with van der Waals surface area (Å²) >= 11 is 0. The number of fused-ring (bicyclic) bond motifs is 1. The maximum absolute atomic E-state index is 14.8. The molecule has 0 unspecified atom stereocenters. The second kappa shape index (κ2) is 7.73. The van der Waals surface area contributed by atoms with Crippen LogP contribution < -0.4 is 4.90 Å². The Balaban J connectivity index is 1.41. The molecule has 1 amide bonds. The molecule has 4 aromatic heterocycles. The van der Waals surface area contributed by atoms with Crippen molar-refractivity contribution in [3.63, 3.8) is 0 Å². The number of aromatic nitrogens is 7. The van der Waals surface area contributed by atoms with Crippen molar-refractivity contribution < 1.29 is 13.9 Å². The van der Waals surface area contributed by atoms with E-state index in [1.54, 1.807) is 35.1 Å². The third-order valence-corrected chi connectivity index (χ3v) is 5.66. The topological polar surface area (TPSA) is 114 Å². The number of amides is 1. The van der Waals surface area contributed by atoms with Crippen molar-refractivity contribution in [3.8, 4) is 22.5 Å². The predicted octanol–water partition coefficient (Wildman–Crippen LogP) is 3.72. The van der Waals surface area contributed by atoms with Gasteiger partial charge in [0.1, 0.15) is 30.6 Å². The fourth-order valence-corrected chi connectivity index (χ4v) is 4.04. The molecule has 1 N–H and O–H groups in total. The van der Waals surface area contributed by atoms with Crippen LogP contribution in [0, 0.1) is 12.7 Å². The van der Waals surface area contributed by atoms with E-state index in [2.05, 4.69) is 30.2 Å². The summed E-state index contributed by atoms with van der Waals surface area (Å²) in [7, 11) is 0. The van der Waals surface area contributed by atoms with E-state index in [0.29, 0.717) is 28.3 Å². The fourth-order valence-electron chi connectivity index (χ4n) is 4.04. The smallest absolute Gasteiger partial charge is 0.416 e. The molecule has 1 saturated heterocycles. The first-order valence-electron chi connectivity index (χ1n) is 10.5. The number of carbonyl (C=O) groups excluding carboxylic acids is 1. The molecule has 0 radical (unpaired) electrons. The minimum absolute atomic E-state index is 0.169. The minimum atomic E-state index is -0.506. The lowest BCUT2D eigenvalue weighted by molar-refractivity contribution is 0.178. The second-order valence-electron chi connectivity index (χ2n) is 7.80. The first-order valence-corrected chi connectivity index (χ1v) is 10.5. The molecule has 1 aliphatic heterocycles. The zero-order chi connectivity index (χ0) is 23.2. The molecule has 1 aliphatic rings. The number of anilines is 1. The van der Waals surface area contributed by atoms with Gasteiger partial charge in [0, 0.05) is 17.5 Å². The number of ether oxygens (including phenoxy) is 1. The van der Waals surface area contributed by atoms with E-state index in [1.165, 1.54) is 17.3 Å². The minimum Gasteiger partial charge on any atom is -0.446 e. The number of carbonyl (C=O) groups is 1. The lowest BCUT2D eigenvalue weighted by Gasteiger charge is -2.20. The van der Waals surface area contributed by atoms with Gasteiger partial charge < -0.3 is 4.74 Å². The van der Waals surface area contributed by atoms with Crippen molar-refractivity contribution in [2.75, 3.05) is 11.5 Å². The summed E-state index contributed by atoms with van der Waals surface area (Å²) in [5.74, 6) is 0.192. The molecule has 0 spiro atoms. The molecule has 5 aromatic rings. The molecule has 1 aromatic carbocycles. The number of hydrogen-bond acceptors (Lipinski definition) is 7. The number of aromatic amines is 1. The summed E-state index contributed by atoms with van der Waals surface area (Å²) in [6.07, 6.45) is 4.19. The van der Waals surface area contributed by atoms with Gasteiger partial charge in [-0.2, -0.15) is 10.2 Å². The third kappa shape index (κ3) is 3.25. The maximum atomic E-state index is 14.8. The van der Waals surface area contributed by atoms with Gasteiger partial charge in [-0.25, -0.2) is 28.6 Å². The number of hydrogen-bond donors (Lipinski definition) is 1. The van der Waals surface area contributed by atoms with E-state index in [1.807, 2.05) is 25.1 Å².